The highest BCUT2D eigenvalue weighted by Crippen LogP contribution is 2.30. The molecular formula is C28H27BrFN5OS. The Kier molecular flexibility index (Phi) is 8.24. The molecule has 1 amide bonds. The van der Waals surface area contributed by atoms with E-state index in [9.17, 15) is 9.18 Å². The zero-order valence-corrected chi connectivity index (χ0v) is 23.4. The Morgan fingerprint density at radius 3 is 2.46 bits per heavy atom. The molecule has 0 atom stereocenters. The van der Waals surface area contributed by atoms with Gasteiger partial charge in [-0.15, -0.1) is 10.2 Å². The average molecular weight is 581 g/mol. The molecule has 190 valence electrons. The summed E-state index contributed by atoms with van der Waals surface area (Å²) in [6.07, 6.45) is 1.27. The number of hydrazone groups is 1. The lowest BCUT2D eigenvalue weighted by molar-refractivity contribution is -0.118. The molecule has 0 saturated carbocycles. The molecule has 0 saturated heterocycles. The zero-order chi connectivity index (χ0) is 26.6. The van der Waals surface area contributed by atoms with Crippen molar-refractivity contribution in [3.63, 3.8) is 0 Å². The Morgan fingerprint density at radius 2 is 1.78 bits per heavy atom. The van der Waals surface area contributed by atoms with Gasteiger partial charge in [0.25, 0.3) is 5.91 Å². The topological polar surface area (TPSA) is 72.2 Å². The van der Waals surface area contributed by atoms with Gasteiger partial charge in [-0.25, -0.2) is 9.82 Å². The number of carbonyl (C=O) groups is 1. The van der Waals surface area contributed by atoms with E-state index in [2.05, 4.69) is 69.6 Å². The van der Waals surface area contributed by atoms with Gasteiger partial charge in [-0.05, 0) is 48.2 Å². The maximum absolute atomic E-state index is 13.9. The molecule has 9 heteroatoms. The lowest BCUT2D eigenvalue weighted by Crippen LogP contribution is -2.20. The minimum atomic E-state index is -0.426. The minimum Gasteiger partial charge on any atom is -0.272 e. The summed E-state index contributed by atoms with van der Waals surface area (Å²) in [4.78, 5) is 12.5. The zero-order valence-electron chi connectivity index (χ0n) is 21.0. The van der Waals surface area contributed by atoms with E-state index in [1.54, 1.807) is 12.1 Å². The van der Waals surface area contributed by atoms with E-state index in [0.717, 1.165) is 21.3 Å². The van der Waals surface area contributed by atoms with Crippen LogP contribution in [0.5, 0.6) is 0 Å². The summed E-state index contributed by atoms with van der Waals surface area (Å²) < 4.78 is 16.5. The van der Waals surface area contributed by atoms with Crippen LogP contribution in [0.3, 0.4) is 0 Å². The van der Waals surface area contributed by atoms with Gasteiger partial charge in [-0.3, -0.25) is 9.36 Å². The number of thioether (sulfide) groups is 1. The number of aromatic nitrogens is 3. The molecule has 1 N–H and O–H groups in total. The molecule has 1 aromatic heterocycles. The SMILES string of the molecule is Cc1ccc(-n2c(SCC(=O)N/N=C\c3cc(Br)ccc3F)nnc2-c2ccc(C(C)(C)C)cc2)cc1. The Morgan fingerprint density at radius 1 is 1.08 bits per heavy atom. The number of benzene rings is 3. The van der Waals surface area contributed by atoms with Gasteiger partial charge in [0.1, 0.15) is 5.82 Å². The molecule has 4 rings (SSSR count). The summed E-state index contributed by atoms with van der Waals surface area (Å²) in [5, 5.41) is 13.3. The number of halogens is 2. The molecule has 0 unspecified atom stereocenters. The van der Waals surface area contributed by atoms with E-state index >= 15 is 0 Å². The molecule has 0 spiro atoms. The smallest absolute Gasteiger partial charge is 0.250 e. The highest BCUT2D eigenvalue weighted by atomic mass is 79.9. The number of aryl methyl sites for hydroxylation is 1. The second-order valence-electron chi connectivity index (χ2n) is 9.55. The molecule has 0 aliphatic heterocycles. The van der Waals surface area contributed by atoms with Crippen LogP contribution in [0.2, 0.25) is 0 Å². The first kappa shape index (κ1) is 26.8. The van der Waals surface area contributed by atoms with Crippen molar-refractivity contribution in [2.24, 2.45) is 5.10 Å². The Balaban J connectivity index is 1.54. The maximum atomic E-state index is 13.9. The normalized spacial score (nSPS) is 11.7. The molecule has 4 aromatic rings. The monoisotopic (exact) mass is 579 g/mol. The summed E-state index contributed by atoms with van der Waals surface area (Å²) in [5.41, 5.74) is 6.95. The summed E-state index contributed by atoms with van der Waals surface area (Å²) in [7, 11) is 0. The second kappa shape index (κ2) is 11.4. The number of amides is 1. The highest BCUT2D eigenvalue weighted by molar-refractivity contribution is 9.10. The van der Waals surface area contributed by atoms with E-state index < -0.39 is 5.82 Å². The molecule has 1 heterocycles. The number of nitrogens with one attached hydrogen (secondary N) is 1. The number of hydrogen-bond acceptors (Lipinski definition) is 5. The standard InChI is InChI=1S/C28H27BrFN5OS/c1-18-5-12-23(13-6-18)35-26(19-7-9-21(10-8-19)28(2,3)4)33-34-27(35)37-17-25(36)32-31-16-20-15-22(29)11-14-24(20)30/h5-16H,17H2,1-4H3,(H,32,36)/b31-16-. The molecule has 6 nitrogen and oxygen atoms in total. The van der Waals surface area contributed by atoms with Crippen LogP contribution in [0.15, 0.2) is 81.5 Å². The Hall–Kier alpha value is -3.30. The molecular weight excluding hydrogens is 553 g/mol. The van der Waals surface area contributed by atoms with E-state index in [4.69, 9.17) is 0 Å². The van der Waals surface area contributed by atoms with Crippen LogP contribution < -0.4 is 5.43 Å². The fourth-order valence-corrected chi connectivity index (χ4v) is 4.67. The highest BCUT2D eigenvalue weighted by Gasteiger charge is 2.19. The molecule has 37 heavy (non-hydrogen) atoms. The van der Waals surface area contributed by atoms with Gasteiger partial charge >= 0.3 is 0 Å². The van der Waals surface area contributed by atoms with Crippen molar-refractivity contribution in [2.45, 2.75) is 38.3 Å². The van der Waals surface area contributed by atoms with Crippen molar-refractivity contribution < 1.29 is 9.18 Å². The Bertz CT molecular complexity index is 1430. The first-order chi connectivity index (χ1) is 17.6. The van der Waals surface area contributed by atoms with E-state index in [1.807, 2.05) is 47.9 Å². The van der Waals surface area contributed by atoms with Crippen LogP contribution in [0.25, 0.3) is 17.1 Å². The van der Waals surface area contributed by atoms with Crippen LogP contribution in [-0.2, 0) is 10.2 Å². The molecule has 0 aliphatic rings. The van der Waals surface area contributed by atoms with E-state index in [-0.39, 0.29) is 22.6 Å². The van der Waals surface area contributed by atoms with Gasteiger partial charge in [0, 0.05) is 21.3 Å². The fourth-order valence-electron chi connectivity index (χ4n) is 3.55. The largest absolute Gasteiger partial charge is 0.272 e. The van der Waals surface area contributed by atoms with Gasteiger partial charge in [0.2, 0.25) is 0 Å². The lowest BCUT2D eigenvalue weighted by atomic mass is 9.87. The van der Waals surface area contributed by atoms with Gasteiger partial charge in [-0.1, -0.05) is 90.4 Å². The van der Waals surface area contributed by atoms with Crippen molar-refractivity contribution in [3.8, 4) is 17.1 Å². The third-order valence-electron chi connectivity index (χ3n) is 5.62. The van der Waals surface area contributed by atoms with Crippen LogP contribution in [0.1, 0.15) is 37.5 Å². The minimum absolute atomic E-state index is 0.0444. The summed E-state index contributed by atoms with van der Waals surface area (Å²) in [5.74, 6) is -0.0166. The third kappa shape index (κ3) is 6.72. The number of rotatable bonds is 7. The molecule has 0 bridgehead atoms. The number of nitrogens with zero attached hydrogens (tertiary/aromatic N) is 4. The molecule has 0 fully saturated rings. The van der Waals surface area contributed by atoms with Crippen molar-refractivity contribution in [2.75, 3.05) is 5.75 Å². The van der Waals surface area contributed by atoms with Crippen molar-refractivity contribution in [1.82, 2.24) is 20.2 Å². The first-order valence-corrected chi connectivity index (χ1v) is 13.4. The van der Waals surface area contributed by atoms with Crippen LogP contribution in [-0.4, -0.2) is 32.6 Å². The summed E-state index contributed by atoms with van der Waals surface area (Å²) >= 11 is 4.55. The van der Waals surface area contributed by atoms with E-state index in [0.29, 0.717) is 11.0 Å². The predicted molar refractivity (Wildman–Crippen MR) is 151 cm³/mol. The lowest BCUT2D eigenvalue weighted by Gasteiger charge is -2.19. The van der Waals surface area contributed by atoms with Gasteiger partial charge in [-0.2, -0.15) is 5.10 Å². The number of hydrogen-bond donors (Lipinski definition) is 1. The Labute approximate surface area is 228 Å². The van der Waals surface area contributed by atoms with Gasteiger partial charge < -0.3 is 0 Å². The second-order valence-corrected chi connectivity index (χ2v) is 11.4. The van der Waals surface area contributed by atoms with Crippen LogP contribution in [0, 0.1) is 12.7 Å². The van der Waals surface area contributed by atoms with Crippen LogP contribution >= 0.6 is 27.7 Å². The summed E-state index contributed by atoms with van der Waals surface area (Å²) in [6, 6.07) is 20.9. The van der Waals surface area contributed by atoms with Crippen LogP contribution in [0.4, 0.5) is 4.39 Å². The third-order valence-corrected chi connectivity index (χ3v) is 7.04. The fraction of sp³-hybridized carbons (Fsp3) is 0.214. The van der Waals surface area contributed by atoms with E-state index in [1.165, 1.54) is 29.6 Å². The number of carbonyl (C=O) groups excluding carboxylic acids is 1. The summed E-state index contributed by atoms with van der Waals surface area (Å²) in [6.45, 7) is 8.56. The molecule has 0 radical (unpaired) electrons. The van der Waals surface area contributed by atoms with Crippen molar-refractivity contribution in [3.05, 3.63) is 93.7 Å². The maximum Gasteiger partial charge on any atom is 0.250 e. The van der Waals surface area contributed by atoms with Gasteiger partial charge in [0.15, 0.2) is 11.0 Å². The molecule has 0 aliphatic carbocycles. The predicted octanol–water partition coefficient (Wildman–Crippen LogP) is 6.68. The quantitative estimate of drug-likeness (QED) is 0.150. The first-order valence-electron chi connectivity index (χ1n) is 11.6. The molecule has 3 aromatic carbocycles. The van der Waals surface area contributed by atoms with Crippen molar-refractivity contribution >= 4 is 39.8 Å². The average Bonchev–Trinajstić information content (AvgIpc) is 3.29. The van der Waals surface area contributed by atoms with Gasteiger partial charge in [0.05, 0.1) is 12.0 Å². The van der Waals surface area contributed by atoms with Crippen molar-refractivity contribution in [1.29, 1.82) is 0 Å².